The van der Waals surface area contributed by atoms with Crippen LogP contribution in [0.4, 0.5) is 0 Å². The zero-order valence-corrected chi connectivity index (χ0v) is 9.59. The van der Waals surface area contributed by atoms with Crippen molar-refractivity contribution in [2.24, 2.45) is 0 Å². The van der Waals surface area contributed by atoms with Gasteiger partial charge in [0.1, 0.15) is 11.4 Å². The van der Waals surface area contributed by atoms with Gasteiger partial charge in [0.15, 0.2) is 0 Å². The van der Waals surface area contributed by atoms with Crippen molar-refractivity contribution in [1.29, 1.82) is 0 Å². The van der Waals surface area contributed by atoms with E-state index in [1.165, 1.54) is 11.6 Å². The number of hydrogen-bond acceptors (Lipinski definition) is 3. The standard InChI is InChI=1S/C14H11NO3/c16-14(17)12-5-4-10(8-15-12)11-3-1-2-9-6-7-18-13(9)11/h1-5,8H,6-7H2,(H,16,17). The number of carboxylic acids is 1. The molecule has 1 aromatic heterocycles. The number of pyridine rings is 1. The van der Waals surface area contributed by atoms with Gasteiger partial charge in [-0.1, -0.05) is 24.3 Å². The Bertz CT molecular complexity index is 605. The summed E-state index contributed by atoms with van der Waals surface area (Å²) in [7, 11) is 0. The zero-order valence-electron chi connectivity index (χ0n) is 9.59. The van der Waals surface area contributed by atoms with Crippen LogP contribution in [0.25, 0.3) is 11.1 Å². The Morgan fingerprint density at radius 3 is 2.89 bits per heavy atom. The molecule has 1 N–H and O–H groups in total. The molecule has 18 heavy (non-hydrogen) atoms. The Morgan fingerprint density at radius 1 is 1.28 bits per heavy atom. The van der Waals surface area contributed by atoms with Crippen LogP contribution in [0.5, 0.6) is 5.75 Å². The third-order valence-electron chi connectivity index (χ3n) is 3.01. The fraction of sp³-hybridized carbons (Fsp3) is 0.143. The highest BCUT2D eigenvalue weighted by molar-refractivity contribution is 5.86. The lowest BCUT2D eigenvalue weighted by molar-refractivity contribution is 0.0690. The third kappa shape index (κ3) is 1.72. The molecule has 4 nitrogen and oxygen atoms in total. The first-order valence-electron chi connectivity index (χ1n) is 5.70. The van der Waals surface area contributed by atoms with Crippen molar-refractivity contribution in [3.63, 3.8) is 0 Å². The number of hydrogen-bond donors (Lipinski definition) is 1. The van der Waals surface area contributed by atoms with Gasteiger partial charge in [-0.05, 0) is 11.6 Å². The summed E-state index contributed by atoms with van der Waals surface area (Å²) in [5, 5.41) is 8.81. The fourth-order valence-corrected chi connectivity index (χ4v) is 2.12. The van der Waals surface area contributed by atoms with Gasteiger partial charge in [-0.2, -0.15) is 0 Å². The van der Waals surface area contributed by atoms with E-state index in [-0.39, 0.29) is 5.69 Å². The molecule has 0 fully saturated rings. The van der Waals surface area contributed by atoms with Crippen LogP contribution in [-0.2, 0) is 6.42 Å². The number of para-hydroxylation sites is 1. The van der Waals surface area contributed by atoms with Crippen LogP contribution in [0, 0.1) is 0 Å². The highest BCUT2D eigenvalue weighted by atomic mass is 16.5. The van der Waals surface area contributed by atoms with Gasteiger partial charge in [0.25, 0.3) is 0 Å². The van der Waals surface area contributed by atoms with E-state index in [1.54, 1.807) is 12.3 Å². The average Bonchev–Trinajstić information content (AvgIpc) is 2.87. The number of benzene rings is 1. The molecule has 4 heteroatoms. The SMILES string of the molecule is O=C(O)c1ccc(-c2cccc3c2OCC3)cn1. The Labute approximate surface area is 104 Å². The fourth-order valence-electron chi connectivity index (χ4n) is 2.12. The molecule has 0 atom stereocenters. The summed E-state index contributed by atoms with van der Waals surface area (Å²) in [5.41, 5.74) is 3.08. The zero-order chi connectivity index (χ0) is 12.5. The topological polar surface area (TPSA) is 59.4 Å². The Morgan fingerprint density at radius 2 is 2.17 bits per heavy atom. The Hall–Kier alpha value is -2.36. The number of ether oxygens (including phenoxy) is 1. The van der Waals surface area contributed by atoms with E-state index < -0.39 is 5.97 Å². The molecule has 1 aliphatic rings. The normalized spacial score (nSPS) is 12.9. The number of fused-ring (bicyclic) bond motifs is 1. The van der Waals surface area contributed by atoms with Crippen LogP contribution in [0.2, 0.25) is 0 Å². The van der Waals surface area contributed by atoms with Crippen LogP contribution in [-0.4, -0.2) is 22.7 Å². The lowest BCUT2D eigenvalue weighted by Gasteiger charge is -2.07. The highest BCUT2D eigenvalue weighted by Crippen LogP contribution is 2.36. The molecule has 0 saturated carbocycles. The second-order valence-electron chi connectivity index (χ2n) is 4.13. The molecule has 0 saturated heterocycles. The van der Waals surface area contributed by atoms with Gasteiger partial charge < -0.3 is 9.84 Å². The van der Waals surface area contributed by atoms with Gasteiger partial charge in [-0.15, -0.1) is 0 Å². The average molecular weight is 241 g/mol. The molecule has 2 heterocycles. The van der Waals surface area contributed by atoms with Crippen molar-refractivity contribution in [2.45, 2.75) is 6.42 Å². The summed E-state index contributed by atoms with van der Waals surface area (Å²) in [6.07, 6.45) is 2.49. The predicted molar refractivity (Wildman–Crippen MR) is 65.8 cm³/mol. The lowest BCUT2D eigenvalue weighted by atomic mass is 10.0. The van der Waals surface area contributed by atoms with Gasteiger partial charge in [-0.3, -0.25) is 0 Å². The smallest absolute Gasteiger partial charge is 0.354 e. The molecule has 1 aromatic carbocycles. The lowest BCUT2D eigenvalue weighted by Crippen LogP contribution is -1.99. The molecule has 3 rings (SSSR count). The molecule has 0 spiro atoms. The molecule has 0 radical (unpaired) electrons. The van der Waals surface area contributed by atoms with Crippen molar-refractivity contribution in [2.75, 3.05) is 6.61 Å². The van der Waals surface area contributed by atoms with Crippen molar-refractivity contribution in [3.05, 3.63) is 47.8 Å². The van der Waals surface area contributed by atoms with Crippen molar-refractivity contribution >= 4 is 5.97 Å². The Kier molecular flexibility index (Phi) is 2.48. The van der Waals surface area contributed by atoms with E-state index in [1.807, 2.05) is 18.2 Å². The van der Waals surface area contributed by atoms with Gasteiger partial charge >= 0.3 is 5.97 Å². The summed E-state index contributed by atoms with van der Waals surface area (Å²) >= 11 is 0. The number of carboxylic acid groups (broad SMARTS) is 1. The molecule has 90 valence electrons. The van der Waals surface area contributed by atoms with E-state index >= 15 is 0 Å². The largest absolute Gasteiger partial charge is 0.492 e. The number of aromatic nitrogens is 1. The molecule has 2 aromatic rings. The molecule has 1 aliphatic heterocycles. The summed E-state index contributed by atoms with van der Waals surface area (Å²) < 4.78 is 5.62. The van der Waals surface area contributed by atoms with Gasteiger partial charge in [0.05, 0.1) is 6.61 Å². The number of aromatic carboxylic acids is 1. The highest BCUT2D eigenvalue weighted by Gasteiger charge is 2.17. The van der Waals surface area contributed by atoms with Crippen molar-refractivity contribution in [1.82, 2.24) is 4.98 Å². The van der Waals surface area contributed by atoms with Crippen molar-refractivity contribution < 1.29 is 14.6 Å². The molecular weight excluding hydrogens is 230 g/mol. The minimum Gasteiger partial charge on any atom is -0.492 e. The van der Waals surface area contributed by atoms with Gasteiger partial charge in [-0.25, -0.2) is 9.78 Å². The minimum atomic E-state index is -1.02. The summed E-state index contributed by atoms with van der Waals surface area (Å²) in [6.45, 7) is 0.701. The van der Waals surface area contributed by atoms with E-state index in [0.29, 0.717) is 6.61 Å². The first-order chi connectivity index (χ1) is 8.75. The second kappa shape index (κ2) is 4.14. The molecule has 0 bridgehead atoms. The molecular formula is C14H11NO3. The number of carbonyl (C=O) groups is 1. The molecule has 0 aliphatic carbocycles. The van der Waals surface area contributed by atoms with Crippen LogP contribution >= 0.6 is 0 Å². The monoisotopic (exact) mass is 241 g/mol. The van der Waals surface area contributed by atoms with Crippen LogP contribution < -0.4 is 4.74 Å². The predicted octanol–water partition coefficient (Wildman–Crippen LogP) is 2.38. The first kappa shape index (κ1) is 10.8. The van der Waals surface area contributed by atoms with E-state index in [4.69, 9.17) is 9.84 Å². The van der Waals surface area contributed by atoms with Crippen molar-refractivity contribution in [3.8, 4) is 16.9 Å². The maximum absolute atomic E-state index is 10.7. The maximum Gasteiger partial charge on any atom is 0.354 e. The Balaban J connectivity index is 2.05. The number of rotatable bonds is 2. The maximum atomic E-state index is 10.7. The second-order valence-corrected chi connectivity index (χ2v) is 4.13. The first-order valence-corrected chi connectivity index (χ1v) is 5.70. The quantitative estimate of drug-likeness (QED) is 0.876. The van der Waals surface area contributed by atoms with Crippen LogP contribution in [0.3, 0.4) is 0 Å². The van der Waals surface area contributed by atoms with Gasteiger partial charge in [0.2, 0.25) is 0 Å². The van der Waals surface area contributed by atoms with Crippen LogP contribution in [0.15, 0.2) is 36.5 Å². The minimum absolute atomic E-state index is 0.0484. The molecule has 0 amide bonds. The summed E-state index contributed by atoms with van der Waals surface area (Å²) in [5.74, 6) is -0.126. The van der Waals surface area contributed by atoms with E-state index in [9.17, 15) is 4.79 Å². The number of nitrogens with zero attached hydrogens (tertiary/aromatic N) is 1. The third-order valence-corrected chi connectivity index (χ3v) is 3.01. The van der Waals surface area contributed by atoms with E-state index in [0.717, 1.165) is 23.3 Å². The molecule has 0 unspecified atom stereocenters. The summed E-state index contributed by atoms with van der Waals surface area (Å²) in [4.78, 5) is 14.7. The van der Waals surface area contributed by atoms with Gasteiger partial charge in [0, 0.05) is 23.7 Å². The van der Waals surface area contributed by atoms with E-state index in [2.05, 4.69) is 4.98 Å². The summed E-state index contributed by atoms with van der Waals surface area (Å²) in [6, 6.07) is 9.25. The van der Waals surface area contributed by atoms with Crippen LogP contribution in [0.1, 0.15) is 16.1 Å².